The summed E-state index contributed by atoms with van der Waals surface area (Å²) in [5.41, 5.74) is 1.41. The van der Waals surface area contributed by atoms with Crippen molar-refractivity contribution in [2.75, 3.05) is 0 Å². The third-order valence-corrected chi connectivity index (χ3v) is 2.78. The minimum absolute atomic E-state index is 0.0820. The van der Waals surface area contributed by atoms with Crippen LogP contribution in [0.1, 0.15) is 29.3 Å². The molecule has 92 valence electrons. The van der Waals surface area contributed by atoms with Crippen LogP contribution in [0.3, 0.4) is 0 Å². The monoisotopic (exact) mass is 299 g/mol. The number of rotatable bonds is 4. The van der Waals surface area contributed by atoms with E-state index in [1.807, 2.05) is 13.0 Å². The van der Waals surface area contributed by atoms with Crippen LogP contribution in [0.25, 0.3) is 0 Å². The van der Waals surface area contributed by atoms with E-state index >= 15 is 0 Å². The SMILES string of the molecule is Cc1cc(Br)ccc1C(=O)NC(C)CC(=O)O. The zero-order chi connectivity index (χ0) is 13.0. The Labute approximate surface area is 108 Å². The fraction of sp³-hybridized carbons (Fsp3) is 0.333. The molecule has 5 heteroatoms. The summed E-state index contributed by atoms with van der Waals surface area (Å²) in [5.74, 6) is -1.17. The van der Waals surface area contributed by atoms with Crippen molar-refractivity contribution in [2.24, 2.45) is 0 Å². The number of amides is 1. The molecule has 4 nitrogen and oxygen atoms in total. The van der Waals surface area contributed by atoms with Gasteiger partial charge in [-0.2, -0.15) is 0 Å². The highest BCUT2D eigenvalue weighted by atomic mass is 79.9. The first-order valence-electron chi connectivity index (χ1n) is 5.19. The van der Waals surface area contributed by atoms with E-state index in [0.717, 1.165) is 10.0 Å². The molecule has 1 aromatic carbocycles. The van der Waals surface area contributed by atoms with Crippen molar-refractivity contribution in [3.63, 3.8) is 0 Å². The van der Waals surface area contributed by atoms with E-state index in [1.54, 1.807) is 19.1 Å². The maximum absolute atomic E-state index is 11.8. The summed E-state index contributed by atoms with van der Waals surface area (Å²) in [5, 5.41) is 11.3. The molecular formula is C12H14BrNO3. The van der Waals surface area contributed by atoms with E-state index in [0.29, 0.717) is 5.56 Å². The first-order chi connectivity index (χ1) is 7.90. The Morgan fingerprint density at radius 1 is 1.47 bits per heavy atom. The normalized spacial score (nSPS) is 11.9. The van der Waals surface area contributed by atoms with Gasteiger partial charge in [0, 0.05) is 16.1 Å². The first-order valence-corrected chi connectivity index (χ1v) is 5.98. The van der Waals surface area contributed by atoms with E-state index in [-0.39, 0.29) is 18.4 Å². The van der Waals surface area contributed by atoms with Crippen LogP contribution in [0.5, 0.6) is 0 Å². The summed E-state index contributed by atoms with van der Waals surface area (Å²) >= 11 is 3.32. The molecule has 2 N–H and O–H groups in total. The summed E-state index contributed by atoms with van der Waals surface area (Å²) in [6.45, 7) is 3.50. The van der Waals surface area contributed by atoms with Gasteiger partial charge in [0.2, 0.25) is 0 Å². The maximum Gasteiger partial charge on any atom is 0.305 e. The number of aliphatic carboxylic acids is 1. The Hall–Kier alpha value is -1.36. The quantitative estimate of drug-likeness (QED) is 0.897. The number of aryl methyl sites for hydroxylation is 1. The number of carboxylic acids is 1. The molecule has 0 radical (unpaired) electrons. The van der Waals surface area contributed by atoms with Gasteiger partial charge in [0.15, 0.2) is 0 Å². The van der Waals surface area contributed by atoms with Crippen LogP contribution in [0, 0.1) is 6.92 Å². The molecule has 0 spiro atoms. The smallest absolute Gasteiger partial charge is 0.305 e. The molecule has 0 bridgehead atoms. The highest BCUT2D eigenvalue weighted by molar-refractivity contribution is 9.10. The Bertz CT molecular complexity index is 445. The molecule has 0 aliphatic heterocycles. The van der Waals surface area contributed by atoms with Crippen molar-refractivity contribution in [3.8, 4) is 0 Å². The van der Waals surface area contributed by atoms with E-state index in [2.05, 4.69) is 21.2 Å². The van der Waals surface area contributed by atoms with Gasteiger partial charge in [-0.3, -0.25) is 9.59 Å². The van der Waals surface area contributed by atoms with Gasteiger partial charge in [-0.15, -0.1) is 0 Å². The highest BCUT2D eigenvalue weighted by Crippen LogP contribution is 2.15. The molecule has 1 unspecified atom stereocenters. The summed E-state index contributed by atoms with van der Waals surface area (Å²) in [4.78, 5) is 22.3. The lowest BCUT2D eigenvalue weighted by Crippen LogP contribution is -2.34. The lowest BCUT2D eigenvalue weighted by molar-refractivity contribution is -0.137. The van der Waals surface area contributed by atoms with Crippen molar-refractivity contribution < 1.29 is 14.7 Å². The van der Waals surface area contributed by atoms with Crippen LogP contribution in [-0.4, -0.2) is 23.0 Å². The third-order valence-electron chi connectivity index (χ3n) is 2.29. The molecule has 0 aliphatic rings. The number of hydrogen-bond donors (Lipinski definition) is 2. The van der Waals surface area contributed by atoms with Gasteiger partial charge in [0.05, 0.1) is 6.42 Å². The van der Waals surface area contributed by atoms with Crippen LogP contribution in [0.4, 0.5) is 0 Å². The molecule has 1 aromatic rings. The van der Waals surface area contributed by atoms with Gasteiger partial charge in [-0.1, -0.05) is 15.9 Å². The van der Waals surface area contributed by atoms with E-state index < -0.39 is 5.97 Å². The second-order valence-corrected chi connectivity index (χ2v) is 4.85. The maximum atomic E-state index is 11.8. The number of hydrogen-bond acceptors (Lipinski definition) is 2. The van der Waals surface area contributed by atoms with Crippen LogP contribution < -0.4 is 5.32 Å². The van der Waals surface area contributed by atoms with E-state index in [9.17, 15) is 9.59 Å². The van der Waals surface area contributed by atoms with E-state index in [1.165, 1.54) is 0 Å². The number of nitrogens with one attached hydrogen (secondary N) is 1. The molecule has 0 saturated heterocycles. The largest absolute Gasteiger partial charge is 0.481 e. The van der Waals surface area contributed by atoms with Crippen molar-refractivity contribution >= 4 is 27.8 Å². The molecule has 0 heterocycles. The summed E-state index contributed by atoms with van der Waals surface area (Å²) < 4.78 is 0.908. The van der Waals surface area contributed by atoms with Crippen molar-refractivity contribution in [3.05, 3.63) is 33.8 Å². The molecule has 0 aromatic heterocycles. The van der Waals surface area contributed by atoms with Crippen LogP contribution in [0.2, 0.25) is 0 Å². The van der Waals surface area contributed by atoms with Crippen LogP contribution >= 0.6 is 15.9 Å². The van der Waals surface area contributed by atoms with Crippen LogP contribution in [-0.2, 0) is 4.79 Å². The third kappa shape index (κ3) is 4.19. The second kappa shape index (κ2) is 5.82. The number of carbonyl (C=O) groups is 2. The molecule has 17 heavy (non-hydrogen) atoms. The fourth-order valence-corrected chi connectivity index (χ4v) is 1.97. The minimum atomic E-state index is -0.926. The van der Waals surface area contributed by atoms with Crippen LogP contribution in [0.15, 0.2) is 22.7 Å². The standard InChI is InChI=1S/C12H14BrNO3/c1-7-5-9(13)3-4-10(7)12(17)14-8(2)6-11(15)16/h3-5,8H,6H2,1-2H3,(H,14,17)(H,15,16). The van der Waals surface area contributed by atoms with Gasteiger partial charge in [0.1, 0.15) is 0 Å². The summed E-state index contributed by atoms with van der Waals surface area (Å²) in [7, 11) is 0. The van der Waals surface area contributed by atoms with Gasteiger partial charge < -0.3 is 10.4 Å². The Morgan fingerprint density at radius 3 is 2.65 bits per heavy atom. The minimum Gasteiger partial charge on any atom is -0.481 e. The van der Waals surface area contributed by atoms with Gasteiger partial charge >= 0.3 is 5.97 Å². The van der Waals surface area contributed by atoms with Crippen molar-refractivity contribution in [1.82, 2.24) is 5.32 Å². The topological polar surface area (TPSA) is 66.4 Å². The average molecular weight is 300 g/mol. The van der Waals surface area contributed by atoms with Crippen molar-refractivity contribution in [1.29, 1.82) is 0 Å². The lowest BCUT2D eigenvalue weighted by atomic mass is 10.1. The number of carbonyl (C=O) groups excluding carboxylic acids is 1. The highest BCUT2D eigenvalue weighted by Gasteiger charge is 2.14. The zero-order valence-corrected chi connectivity index (χ0v) is 11.2. The Kier molecular flexibility index (Phi) is 4.69. The zero-order valence-electron chi connectivity index (χ0n) is 9.66. The van der Waals surface area contributed by atoms with Gasteiger partial charge in [0.25, 0.3) is 5.91 Å². The van der Waals surface area contributed by atoms with Gasteiger partial charge in [-0.25, -0.2) is 0 Å². The molecule has 1 amide bonds. The summed E-state index contributed by atoms with van der Waals surface area (Å²) in [6, 6.07) is 4.95. The predicted molar refractivity (Wildman–Crippen MR) is 68.1 cm³/mol. The second-order valence-electron chi connectivity index (χ2n) is 3.93. The molecule has 0 saturated carbocycles. The van der Waals surface area contributed by atoms with Gasteiger partial charge in [-0.05, 0) is 37.6 Å². The molecule has 1 atom stereocenters. The molecule has 1 rings (SSSR count). The molecule has 0 fully saturated rings. The molecule has 0 aliphatic carbocycles. The first kappa shape index (κ1) is 13.7. The Balaban J connectivity index is 2.73. The predicted octanol–water partition coefficient (Wildman–Crippen LogP) is 2.35. The molecular weight excluding hydrogens is 286 g/mol. The summed E-state index contributed by atoms with van der Waals surface area (Å²) in [6.07, 6.45) is -0.0820. The van der Waals surface area contributed by atoms with E-state index in [4.69, 9.17) is 5.11 Å². The number of benzene rings is 1. The van der Waals surface area contributed by atoms with Crippen molar-refractivity contribution in [2.45, 2.75) is 26.3 Å². The number of halogens is 1. The number of carboxylic acid groups (broad SMARTS) is 1. The fourth-order valence-electron chi connectivity index (χ4n) is 1.50. The lowest BCUT2D eigenvalue weighted by Gasteiger charge is -2.13. The Morgan fingerprint density at radius 2 is 2.12 bits per heavy atom. The average Bonchev–Trinajstić information content (AvgIpc) is 2.15.